The van der Waals surface area contributed by atoms with E-state index in [0.29, 0.717) is 12.8 Å². The Labute approximate surface area is 268 Å². The molecule has 45 heavy (non-hydrogen) atoms. The van der Waals surface area contributed by atoms with Gasteiger partial charge in [-0.2, -0.15) is 0 Å². The third-order valence-corrected chi connectivity index (χ3v) is 6.98. The Kier molecular flexibility index (Phi) is 26.8. The molecule has 0 aromatic carbocycles. The number of carbonyl (C=O) groups excluding carboxylic acids is 2. The number of phosphoric ester groups is 1. The van der Waals surface area contributed by atoms with Crippen molar-refractivity contribution in [1.29, 1.82) is 0 Å². The van der Waals surface area contributed by atoms with Crippen molar-refractivity contribution in [3.05, 3.63) is 60.8 Å². The molecule has 3 unspecified atom stereocenters. The zero-order valence-electron chi connectivity index (χ0n) is 26.9. The van der Waals surface area contributed by atoms with Gasteiger partial charge in [-0.25, -0.2) is 4.57 Å². The number of hydrogen-bond acceptors (Lipinski definition) is 9. The molecule has 0 fully saturated rings. The maximum Gasteiger partial charge on any atom is 0.472 e. The minimum Gasteiger partial charge on any atom is -0.480 e. The van der Waals surface area contributed by atoms with Crippen LogP contribution in [0.2, 0.25) is 0 Å². The normalized spacial score (nSPS) is 14.9. The van der Waals surface area contributed by atoms with Gasteiger partial charge in [-0.15, -0.1) is 0 Å². The lowest BCUT2D eigenvalue weighted by atomic mass is 10.1. The first-order valence-corrected chi connectivity index (χ1v) is 17.3. The average Bonchev–Trinajstić information content (AvgIpc) is 3.01. The lowest BCUT2D eigenvalue weighted by molar-refractivity contribution is -0.161. The molecule has 0 bridgehead atoms. The Bertz CT molecular complexity index is 1010. The maximum atomic E-state index is 12.4. The van der Waals surface area contributed by atoms with E-state index < -0.39 is 51.1 Å². The monoisotopic (exact) mass is 655 g/mol. The second kappa shape index (κ2) is 28.6. The highest BCUT2D eigenvalue weighted by Crippen LogP contribution is 2.43. The van der Waals surface area contributed by atoms with Crippen molar-refractivity contribution in [3.63, 3.8) is 0 Å². The molecule has 0 saturated heterocycles. The summed E-state index contributed by atoms with van der Waals surface area (Å²) in [6.07, 6.45) is 30.1. The van der Waals surface area contributed by atoms with E-state index >= 15 is 0 Å². The van der Waals surface area contributed by atoms with Crippen molar-refractivity contribution in [1.82, 2.24) is 0 Å². The topological polar surface area (TPSA) is 172 Å². The number of esters is 2. The number of hydrogen-bond donors (Lipinski definition) is 3. The fourth-order valence-corrected chi connectivity index (χ4v) is 4.26. The molecule has 0 aromatic rings. The van der Waals surface area contributed by atoms with Crippen molar-refractivity contribution in [2.75, 3.05) is 19.8 Å². The van der Waals surface area contributed by atoms with E-state index in [-0.39, 0.29) is 19.4 Å². The van der Waals surface area contributed by atoms with Crippen LogP contribution >= 0.6 is 7.82 Å². The van der Waals surface area contributed by atoms with Gasteiger partial charge in [-0.1, -0.05) is 87.4 Å². The Morgan fingerprint density at radius 2 is 1.24 bits per heavy atom. The molecule has 0 aliphatic heterocycles. The number of rotatable bonds is 28. The zero-order chi connectivity index (χ0) is 33.6. The molecular weight excluding hydrogens is 601 g/mol. The van der Waals surface area contributed by atoms with Crippen molar-refractivity contribution in [3.8, 4) is 0 Å². The first-order chi connectivity index (χ1) is 21.6. The van der Waals surface area contributed by atoms with Gasteiger partial charge in [0.25, 0.3) is 0 Å². The summed E-state index contributed by atoms with van der Waals surface area (Å²) >= 11 is 0. The van der Waals surface area contributed by atoms with Crippen LogP contribution in [0.3, 0.4) is 0 Å². The van der Waals surface area contributed by atoms with Gasteiger partial charge in [0, 0.05) is 12.8 Å². The van der Waals surface area contributed by atoms with Crippen LogP contribution in [-0.2, 0) is 37.5 Å². The molecule has 0 spiro atoms. The second-order valence-electron chi connectivity index (χ2n) is 10.2. The van der Waals surface area contributed by atoms with Crippen LogP contribution in [0, 0.1) is 0 Å². The number of aliphatic carboxylic acids is 1. The number of unbranched alkanes of at least 4 members (excludes halogenated alkanes) is 4. The zero-order valence-corrected chi connectivity index (χ0v) is 27.8. The van der Waals surface area contributed by atoms with Crippen LogP contribution in [0.25, 0.3) is 0 Å². The van der Waals surface area contributed by atoms with Gasteiger partial charge in [0.2, 0.25) is 0 Å². The molecule has 4 N–H and O–H groups in total. The van der Waals surface area contributed by atoms with Gasteiger partial charge in [0.15, 0.2) is 6.10 Å². The Morgan fingerprint density at radius 1 is 0.711 bits per heavy atom. The molecule has 11 nitrogen and oxygen atoms in total. The molecule has 0 saturated carbocycles. The Balaban J connectivity index is 4.33. The molecular formula is C33H54NO10P. The number of phosphoric acid groups is 1. The first-order valence-electron chi connectivity index (χ1n) is 15.8. The fourth-order valence-electron chi connectivity index (χ4n) is 3.48. The third-order valence-electron chi connectivity index (χ3n) is 6.03. The van der Waals surface area contributed by atoms with Gasteiger partial charge in [-0.05, 0) is 57.8 Å². The summed E-state index contributed by atoms with van der Waals surface area (Å²) in [5.74, 6) is -2.48. The summed E-state index contributed by atoms with van der Waals surface area (Å²) in [6, 6.07) is -1.52. The van der Waals surface area contributed by atoms with Gasteiger partial charge in [-0.3, -0.25) is 23.4 Å². The number of carbonyl (C=O) groups is 3. The van der Waals surface area contributed by atoms with E-state index in [2.05, 4.69) is 72.2 Å². The van der Waals surface area contributed by atoms with Crippen molar-refractivity contribution < 1.29 is 47.5 Å². The molecule has 0 aromatic heterocycles. The summed E-state index contributed by atoms with van der Waals surface area (Å²) in [4.78, 5) is 44.8. The first kappa shape index (κ1) is 42.2. The number of nitrogens with two attached hydrogens (primary N) is 1. The highest BCUT2D eigenvalue weighted by atomic mass is 31.2. The largest absolute Gasteiger partial charge is 0.480 e. The summed E-state index contributed by atoms with van der Waals surface area (Å²) < 4.78 is 31.9. The lowest BCUT2D eigenvalue weighted by Gasteiger charge is -2.20. The van der Waals surface area contributed by atoms with Crippen LogP contribution in [-0.4, -0.2) is 59.9 Å². The highest BCUT2D eigenvalue weighted by molar-refractivity contribution is 7.47. The lowest BCUT2D eigenvalue weighted by Crippen LogP contribution is -2.34. The molecule has 256 valence electrons. The van der Waals surface area contributed by atoms with Gasteiger partial charge in [0.1, 0.15) is 12.6 Å². The standard InChI is InChI=1S/C33H54NO10P/c1-3-5-7-8-9-10-11-12-13-14-15-16-17-18-19-20-21-22-23-25-32(36)44-29(26-41-31(35)24-6-4-2)27-42-45(39,40)43-28-30(34)33(37)38/h5,7,9-10,12-13,15-16,18-19,29-30H,3-4,6,8,11,14,17,20-28,34H2,1-2H3,(H,37,38)(H,39,40)/b7-5-,10-9-,13-12-,16-15-,19-18-. The molecule has 0 heterocycles. The van der Waals surface area contributed by atoms with Crippen LogP contribution in [0.4, 0.5) is 0 Å². The van der Waals surface area contributed by atoms with Crippen LogP contribution in [0.1, 0.15) is 97.3 Å². The van der Waals surface area contributed by atoms with Crippen molar-refractivity contribution in [2.24, 2.45) is 5.73 Å². The number of ether oxygens (including phenoxy) is 2. The van der Waals surface area contributed by atoms with Gasteiger partial charge in [0.05, 0.1) is 13.2 Å². The predicted octanol–water partition coefficient (Wildman–Crippen LogP) is 6.88. The van der Waals surface area contributed by atoms with Crippen molar-refractivity contribution in [2.45, 2.75) is 109 Å². The summed E-state index contributed by atoms with van der Waals surface area (Å²) in [5.41, 5.74) is 5.26. The molecule has 0 aliphatic rings. The quantitative estimate of drug-likeness (QED) is 0.0347. The van der Waals surface area contributed by atoms with E-state index in [1.165, 1.54) is 0 Å². The van der Waals surface area contributed by atoms with Crippen molar-refractivity contribution >= 4 is 25.7 Å². The SMILES string of the molecule is CC/C=C\C/C=C\C/C=C\C/C=C\C/C=C\CCCCCC(=O)OC(COC(=O)CCCC)COP(=O)(O)OCC(N)C(=O)O. The molecule has 0 radical (unpaired) electrons. The number of carboxylic acids is 1. The van der Waals surface area contributed by atoms with E-state index in [1.54, 1.807) is 0 Å². The minimum absolute atomic E-state index is 0.118. The number of carboxylic acid groups (broad SMARTS) is 1. The van der Waals surface area contributed by atoms with E-state index in [9.17, 15) is 23.8 Å². The summed E-state index contributed by atoms with van der Waals surface area (Å²) in [7, 11) is -4.70. The minimum atomic E-state index is -4.70. The van der Waals surface area contributed by atoms with Gasteiger partial charge < -0.3 is 25.2 Å². The molecule has 0 amide bonds. The van der Waals surface area contributed by atoms with Gasteiger partial charge >= 0.3 is 25.7 Å². The number of allylic oxidation sites excluding steroid dienone is 10. The molecule has 0 aliphatic carbocycles. The van der Waals surface area contributed by atoms with E-state index in [0.717, 1.165) is 57.8 Å². The molecule has 12 heteroatoms. The summed E-state index contributed by atoms with van der Waals surface area (Å²) in [5, 5.41) is 8.77. The van der Waals surface area contributed by atoms with Crippen LogP contribution in [0.15, 0.2) is 60.8 Å². The predicted molar refractivity (Wildman–Crippen MR) is 175 cm³/mol. The highest BCUT2D eigenvalue weighted by Gasteiger charge is 2.28. The van der Waals surface area contributed by atoms with E-state index in [1.807, 2.05) is 6.92 Å². The average molecular weight is 656 g/mol. The van der Waals surface area contributed by atoms with E-state index in [4.69, 9.17) is 24.8 Å². The second-order valence-corrected chi connectivity index (χ2v) is 11.7. The third kappa shape index (κ3) is 28.4. The van der Waals surface area contributed by atoms with Crippen LogP contribution in [0.5, 0.6) is 0 Å². The maximum absolute atomic E-state index is 12.4. The molecule has 3 atom stereocenters. The smallest absolute Gasteiger partial charge is 0.472 e. The molecule has 0 rings (SSSR count). The Morgan fingerprint density at radius 3 is 1.80 bits per heavy atom. The van der Waals surface area contributed by atoms with Crippen LogP contribution < -0.4 is 5.73 Å². The fraction of sp³-hybridized carbons (Fsp3) is 0.606. The summed E-state index contributed by atoms with van der Waals surface area (Å²) in [6.45, 7) is 2.31. The Hall–Kier alpha value is -2.82.